The molecule has 0 saturated heterocycles. The molecule has 0 radical (unpaired) electrons. The number of hydrogen-bond donors (Lipinski definition) is 0. The SMILES string of the molecule is CC[N](CC)[Al]([CH2]C(C)C)[CH2]C(C)C. The van der Waals surface area contributed by atoms with Gasteiger partial charge in [-0.15, -0.1) is 0 Å². The predicted octanol–water partition coefficient (Wildman–Crippen LogP) is 3.63. The maximum Gasteiger partial charge on any atom is 0.373 e. The van der Waals surface area contributed by atoms with Crippen LogP contribution in [0.5, 0.6) is 0 Å². The van der Waals surface area contributed by atoms with Crippen molar-refractivity contribution in [2.24, 2.45) is 11.8 Å². The van der Waals surface area contributed by atoms with Crippen molar-refractivity contribution in [3.63, 3.8) is 0 Å². The second-order valence-electron chi connectivity index (χ2n) is 5.13. The van der Waals surface area contributed by atoms with E-state index >= 15 is 0 Å². The zero-order valence-electron chi connectivity index (χ0n) is 11.0. The second-order valence-corrected chi connectivity index (χ2v) is 8.11. The zero-order chi connectivity index (χ0) is 11.1. The molecule has 0 spiro atoms. The van der Waals surface area contributed by atoms with Gasteiger partial charge in [-0.1, -0.05) is 63.9 Å². The minimum atomic E-state index is -0.631. The van der Waals surface area contributed by atoms with Crippen LogP contribution in [0.25, 0.3) is 0 Å². The Kier molecular flexibility index (Phi) is 8.01. The molecule has 1 nitrogen and oxygen atoms in total. The summed E-state index contributed by atoms with van der Waals surface area (Å²) in [5, 5.41) is 2.97. The molecule has 0 aromatic carbocycles. The summed E-state index contributed by atoms with van der Waals surface area (Å²) in [4.78, 5) is 0. The topological polar surface area (TPSA) is 3.24 Å². The van der Waals surface area contributed by atoms with Crippen molar-refractivity contribution < 1.29 is 0 Å². The van der Waals surface area contributed by atoms with E-state index in [-0.39, 0.29) is 0 Å². The van der Waals surface area contributed by atoms with Crippen LogP contribution in [0, 0.1) is 11.8 Å². The summed E-state index contributed by atoms with van der Waals surface area (Å²) in [6.07, 6.45) is 0. The van der Waals surface area contributed by atoms with Crippen LogP contribution >= 0.6 is 0 Å². The van der Waals surface area contributed by atoms with Gasteiger partial charge in [0, 0.05) is 0 Å². The maximum absolute atomic E-state index is 2.75. The molecule has 0 atom stereocenters. The quantitative estimate of drug-likeness (QED) is 0.584. The van der Waals surface area contributed by atoms with E-state index in [1.54, 1.807) is 0 Å². The number of hydrogen-bond acceptors (Lipinski definition) is 1. The van der Waals surface area contributed by atoms with Crippen LogP contribution < -0.4 is 0 Å². The fourth-order valence-electron chi connectivity index (χ4n) is 2.22. The second kappa shape index (κ2) is 7.74. The lowest BCUT2D eigenvalue weighted by Crippen LogP contribution is -2.40. The van der Waals surface area contributed by atoms with E-state index in [0.29, 0.717) is 0 Å². The van der Waals surface area contributed by atoms with Crippen molar-refractivity contribution in [3.05, 3.63) is 0 Å². The first-order chi connectivity index (χ1) is 6.51. The molecule has 0 heterocycles. The Morgan fingerprint density at radius 3 is 1.43 bits per heavy atom. The molecule has 0 bridgehead atoms. The largest absolute Gasteiger partial charge is 0.385 e. The van der Waals surface area contributed by atoms with Crippen LogP contribution in [-0.2, 0) is 0 Å². The Morgan fingerprint density at radius 2 is 1.21 bits per heavy atom. The lowest BCUT2D eigenvalue weighted by Gasteiger charge is -2.28. The van der Waals surface area contributed by atoms with E-state index in [9.17, 15) is 0 Å². The highest BCUT2D eigenvalue weighted by atomic mass is 27.2. The minimum absolute atomic E-state index is 0.631. The van der Waals surface area contributed by atoms with Crippen LogP contribution in [0.2, 0.25) is 10.6 Å². The number of nitrogens with zero attached hydrogens (tertiary/aromatic N) is 1. The van der Waals surface area contributed by atoms with E-state index in [1.807, 2.05) is 0 Å². The summed E-state index contributed by atoms with van der Waals surface area (Å²) < 4.78 is 2.75. The van der Waals surface area contributed by atoms with Crippen molar-refractivity contribution >= 4 is 14.4 Å². The van der Waals surface area contributed by atoms with Crippen LogP contribution in [0.4, 0.5) is 0 Å². The van der Waals surface area contributed by atoms with Gasteiger partial charge >= 0.3 is 14.4 Å². The molecule has 0 saturated carbocycles. The summed E-state index contributed by atoms with van der Waals surface area (Å²) >= 11 is -0.631. The van der Waals surface area contributed by atoms with E-state index in [0.717, 1.165) is 11.8 Å². The molecule has 0 unspecified atom stereocenters. The van der Waals surface area contributed by atoms with Gasteiger partial charge in [0.15, 0.2) is 0 Å². The summed E-state index contributed by atoms with van der Waals surface area (Å²) in [6.45, 7) is 16.6. The molecule has 0 rings (SSSR count). The molecular weight excluding hydrogens is 185 g/mol. The summed E-state index contributed by atoms with van der Waals surface area (Å²) in [5.41, 5.74) is 0. The van der Waals surface area contributed by atoms with E-state index < -0.39 is 14.4 Å². The monoisotopic (exact) mass is 213 g/mol. The Balaban J connectivity index is 4.20. The molecular formula is C12H28AlN. The average molecular weight is 213 g/mol. The van der Waals surface area contributed by atoms with Gasteiger partial charge < -0.3 is 3.88 Å². The van der Waals surface area contributed by atoms with E-state index in [1.165, 1.54) is 23.7 Å². The molecule has 0 aliphatic heterocycles. The van der Waals surface area contributed by atoms with Gasteiger partial charge in [-0.05, 0) is 13.1 Å². The number of rotatable bonds is 7. The average Bonchev–Trinajstić information content (AvgIpc) is 2.03. The lowest BCUT2D eigenvalue weighted by atomic mass is 10.3. The van der Waals surface area contributed by atoms with Gasteiger partial charge in [0.2, 0.25) is 0 Å². The summed E-state index contributed by atoms with van der Waals surface area (Å²) in [6, 6.07) is 0. The van der Waals surface area contributed by atoms with E-state index in [2.05, 4.69) is 45.4 Å². The molecule has 14 heavy (non-hydrogen) atoms. The lowest BCUT2D eigenvalue weighted by molar-refractivity contribution is 0.460. The third-order valence-corrected chi connectivity index (χ3v) is 7.55. The molecule has 2 heteroatoms. The molecule has 84 valence electrons. The Morgan fingerprint density at radius 1 is 0.857 bits per heavy atom. The molecule has 0 aromatic heterocycles. The van der Waals surface area contributed by atoms with Gasteiger partial charge in [0.1, 0.15) is 0 Å². The van der Waals surface area contributed by atoms with Gasteiger partial charge in [-0.3, -0.25) is 0 Å². The molecule has 0 aliphatic rings. The van der Waals surface area contributed by atoms with Gasteiger partial charge in [0.05, 0.1) is 0 Å². The van der Waals surface area contributed by atoms with Crippen LogP contribution in [0.15, 0.2) is 0 Å². The van der Waals surface area contributed by atoms with Crippen LogP contribution in [0.1, 0.15) is 41.5 Å². The standard InChI is InChI=1S/C4H10N.2C4H9.Al/c1-3-5-4-2;2*1-4(2)3;/h3-4H2,1-2H3;2*4H,1H2,2-3H3;/q-1;;;+1. The van der Waals surface area contributed by atoms with Crippen molar-refractivity contribution in [1.29, 1.82) is 0 Å². The Bertz CT molecular complexity index is 120. The molecule has 0 aromatic rings. The van der Waals surface area contributed by atoms with Crippen molar-refractivity contribution in [1.82, 2.24) is 3.88 Å². The smallest absolute Gasteiger partial charge is 0.373 e. The fraction of sp³-hybridized carbons (Fsp3) is 1.00. The Hall–Kier alpha value is 0.492. The van der Waals surface area contributed by atoms with Gasteiger partial charge in [-0.2, -0.15) is 0 Å². The van der Waals surface area contributed by atoms with Gasteiger partial charge in [-0.25, -0.2) is 0 Å². The highest BCUT2D eigenvalue weighted by Gasteiger charge is 2.25. The van der Waals surface area contributed by atoms with Crippen molar-refractivity contribution in [2.75, 3.05) is 13.1 Å². The maximum atomic E-state index is 2.75. The summed E-state index contributed by atoms with van der Waals surface area (Å²) in [7, 11) is 0. The third kappa shape index (κ3) is 6.07. The predicted molar refractivity (Wildman–Crippen MR) is 68.0 cm³/mol. The third-order valence-electron chi connectivity index (χ3n) is 2.82. The molecule has 0 amide bonds. The Labute approximate surface area is 95.5 Å². The van der Waals surface area contributed by atoms with E-state index in [4.69, 9.17) is 0 Å². The van der Waals surface area contributed by atoms with Gasteiger partial charge in [0.25, 0.3) is 0 Å². The highest BCUT2D eigenvalue weighted by molar-refractivity contribution is 6.55. The molecule has 0 aliphatic carbocycles. The molecule has 0 N–H and O–H groups in total. The first kappa shape index (κ1) is 14.5. The first-order valence-corrected chi connectivity index (χ1v) is 8.40. The van der Waals surface area contributed by atoms with Crippen molar-refractivity contribution in [3.8, 4) is 0 Å². The minimum Gasteiger partial charge on any atom is -0.385 e. The first-order valence-electron chi connectivity index (χ1n) is 6.25. The normalized spacial score (nSPS) is 11.8. The fourth-order valence-corrected chi connectivity index (χ4v) is 6.22. The molecule has 0 fully saturated rings. The van der Waals surface area contributed by atoms with Crippen LogP contribution in [0.3, 0.4) is 0 Å². The summed E-state index contributed by atoms with van der Waals surface area (Å²) in [5.74, 6) is 1.76. The highest BCUT2D eigenvalue weighted by Crippen LogP contribution is 2.17. The zero-order valence-corrected chi connectivity index (χ0v) is 12.2. The van der Waals surface area contributed by atoms with Crippen LogP contribution in [-0.4, -0.2) is 31.3 Å². The van der Waals surface area contributed by atoms with Crippen molar-refractivity contribution in [2.45, 2.75) is 52.1 Å².